The molecule has 0 bridgehead atoms. The van der Waals surface area contributed by atoms with Gasteiger partial charge in [-0.2, -0.15) is 13.2 Å². The molecule has 0 aliphatic carbocycles. The van der Waals surface area contributed by atoms with E-state index in [1.807, 2.05) is 25.9 Å². The van der Waals surface area contributed by atoms with Crippen molar-refractivity contribution in [3.63, 3.8) is 0 Å². The summed E-state index contributed by atoms with van der Waals surface area (Å²) in [6, 6.07) is 5.64. The number of alkyl halides is 3. The summed E-state index contributed by atoms with van der Waals surface area (Å²) in [5.74, 6) is 0. The quantitative estimate of drug-likeness (QED) is 0.886. The van der Waals surface area contributed by atoms with Gasteiger partial charge in [-0.05, 0) is 39.6 Å². The Bertz CT molecular complexity index is 402. The summed E-state index contributed by atoms with van der Waals surface area (Å²) < 4.78 is 38.7. The van der Waals surface area contributed by atoms with Crippen LogP contribution in [0.2, 0.25) is 0 Å². The van der Waals surface area contributed by atoms with Gasteiger partial charge in [0, 0.05) is 18.6 Å². The molecule has 5 heteroatoms. The summed E-state index contributed by atoms with van der Waals surface area (Å²) in [5.41, 5.74) is -0.270. The van der Waals surface area contributed by atoms with Crippen molar-refractivity contribution < 1.29 is 13.2 Å². The lowest BCUT2D eigenvalue weighted by Gasteiger charge is -2.24. The Kier molecular flexibility index (Phi) is 5.38. The normalized spacial score (nSPS) is 15.6. The summed E-state index contributed by atoms with van der Waals surface area (Å²) in [6.07, 6.45) is -4.31. The van der Waals surface area contributed by atoms with E-state index in [0.29, 0.717) is 12.1 Å². The predicted molar refractivity (Wildman–Crippen MR) is 71.0 cm³/mol. The molecule has 1 aromatic carbocycles. The first-order chi connectivity index (χ1) is 8.73. The smallest absolute Gasteiger partial charge is 0.309 e. The van der Waals surface area contributed by atoms with Crippen LogP contribution in [-0.4, -0.2) is 31.6 Å². The fraction of sp³-hybridized carbons (Fsp3) is 0.571. The van der Waals surface area contributed by atoms with Crippen LogP contribution in [-0.2, 0) is 6.18 Å². The van der Waals surface area contributed by atoms with E-state index in [9.17, 15) is 13.2 Å². The van der Waals surface area contributed by atoms with Gasteiger partial charge in [-0.3, -0.25) is 0 Å². The summed E-state index contributed by atoms with van der Waals surface area (Å²) in [7, 11) is 3.89. The van der Waals surface area contributed by atoms with Crippen molar-refractivity contribution in [2.75, 3.05) is 20.6 Å². The van der Waals surface area contributed by atoms with Crippen LogP contribution in [0.3, 0.4) is 0 Å². The Morgan fingerprint density at radius 3 is 2.26 bits per heavy atom. The number of nitrogens with zero attached hydrogens (tertiary/aromatic N) is 1. The van der Waals surface area contributed by atoms with Crippen molar-refractivity contribution in [1.29, 1.82) is 0 Å². The van der Waals surface area contributed by atoms with E-state index in [0.717, 1.165) is 6.07 Å². The summed E-state index contributed by atoms with van der Waals surface area (Å²) in [6.45, 7) is 4.42. The van der Waals surface area contributed by atoms with E-state index in [1.165, 1.54) is 12.1 Å². The number of halogens is 3. The molecule has 0 amide bonds. The molecule has 1 N–H and O–H groups in total. The molecule has 0 aliphatic heterocycles. The molecule has 0 aromatic heterocycles. The lowest BCUT2D eigenvalue weighted by molar-refractivity contribution is -0.138. The van der Waals surface area contributed by atoms with Gasteiger partial charge >= 0.3 is 6.18 Å². The van der Waals surface area contributed by atoms with Crippen molar-refractivity contribution >= 4 is 0 Å². The van der Waals surface area contributed by atoms with Gasteiger partial charge in [0.2, 0.25) is 0 Å². The third kappa shape index (κ3) is 4.51. The van der Waals surface area contributed by atoms with Crippen LogP contribution >= 0.6 is 0 Å². The number of benzene rings is 1. The van der Waals surface area contributed by atoms with Crippen molar-refractivity contribution in [2.45, 2.75) is 32.1 Å². The average Bonchev–Trinajstić information content (AvgIpc) is 2.34. The molecule has 0 spiro atoms. The standard InChI is InChI=1S/C14H21F3N2/c1-10(19(3)4)9-18-11(2)12-7-5-6-8-13(12)14(15,16)17/h5-8,10-11,18H,9H2,1-4H3. The highest BCUT2D eigenvalue weighted by Gasteiger charge is 2.34. The minimum atomic E-state index is -4.31. The maximum atomic E-state index is 12.9. The molecule has 0 saturated heterocycles. The molecule has 0 aliphatic rings. The third-order valence-electron chi connectivity index (χ3n) is 3.33. The molecule has 2 atom stereocenters. The van der Waals surface area contributed by atoms with Gasteiger partial charge < -0.3 is 10.2 Å². The van der Waals surface area contributed by atoms with Crippen LogP contribution in [0.25, 0.3) is 0 Å². The fourth-order valence-corrected chi connectivity index (χ4v) is 1.77. The molecule has 108 valence electrons. The zero-order valence-electron chi connectivity index (χ0n) is 11.8. The Balaban J connectivity index is 2.80. The molecule has 1 rings (SSSR count). The maximum Gasteiger partial charge on any atom is 0.416 e. The van der Waals surface area contributed by atoms with E-state index >= 15 is 0 Å². The lowest BCUT2D eigenvalue weighted by Crippen LogP contribution is -2.36. The van der Waals surface area contributed by atoms with Crippen LogP contribution in [0, 0.1) is 0 Å². The second kappa shape index (κ2) is 6.39. The molecule has 0 fully saturated rings. The molecule has 0 saturated carbocycles. The SMILES string of the molecule is CC(NCC(C)N(C)C)c1ccccc1C(F)(F)F. The van der Waals surface area contributed by atoms with Gasteiger partial charge in [-0.25, -0.2) is 0 Å². The van der Waals surface area contributed by atoms with E-state index in [1.54, 1.807) is 13.0 Å². The molecule has 0 radical (unpaired) electrons. The first-order valence-electron chi connectivity index (χ1n) is 6.29. The highest BCUT2D eigenvalue weighted by molar-refractivity contribution is 5.32. The highest BCUT2D eigenvalue weighted by atomic mass is 19.4. The van der Waals surface area contributed by atoms with E-state index < -0.39 is 11.7 Å². The van der Waals surface area contributed by atoms with Crippen LogP contribution in [0.4, 0.5) is 13.2 Å². The number of rotatable bonds is 5. The summed E-state index contributed by atoms with van der Waals surface area (Å²) in [5, 5.41) is 3.15. The van der Waals surface area contributed by atoms with Gasteiger partial charge in [0.25, 0.3) is 0 Å². The summed E-state index contributed by atoms with van der Waals surface area (Å²) in [4.78, 5) is 2.02. The Labute approximate surface area is 112 Å². The molecular weight excluding hydrogens is 253 g/mol. The molecule has 2 unspecified atom stereocenters. The van der Waals surface area contributed by atoms with Crippen molar-refractivity contribution in [3.05, 3.63) is 35.4 Å². The zero-order valence-corrected chi connectivity index (χ0v) is 11.8. The first-order valence-corrected chi connectivity index (χ1v) is 6.29. The van der Waals surface area contributed by atoms with Gasteiger partial charge in [-0.15, -0.1) is 0 Å². The molecular formula is C14H21F3N2. The van der Waals surface area contributed by atoms with Crippen LogP contribution in [0.5, 0.6) is 0 Å². The van der Waals surface area contributed by atoms with Crippen molar-refractivity contribution in [3.8, 4) is 0 Å². The molecule has 19 heavy (non-hydrogen) atoms. The monoisotopic (exact) mass is 274 g/mol. The average molecular weight is 274 g/mol. The third-order valence-corrected chi connectivity index (χ3v) is 3.33. The van der Waals surface area contributed by atoms with Gasteiger partial charge in [0.15, 0.2) is 0 Å². The fourth-order valence-electron chi connectivity index (χ4n) is 1.77. The Morgan fingerprint density at radius 2 is 1.74 bits per heavy atom. The second-order valence-electron chi connectivity index (χ2n) is 5.03. The Hall–Kier alpha value is -1.07. The maximum absolute atomic E-state index is 12.9. The predicted octanol–water partition coefficient (Wildman–Crippen LogP) is 3.31. The number of nitrogens with one attached hydrogen (secondary N) is 1. The van der Waals surface area contributed by atoms with E-state index in [2.05, 4.69) is 5.32 Å². The van der Waals surface area contributed by atoms with Gasteiger partial charge in [-0.1, -0.05) is 18.2 Å². The second-order valence-corrected chi connectivity index (χ2v) is 5.03. The van der Waals surface area contributed by atoms with Gasteiger partial charge in [0.05, 0.1) is 5.56 Å². The van der Waals surface area contributed by atoms with E-state index in [4.69, 9.17) is 0 Å². The minimum absolute atomic E-state index is 0.264. The summed E-state index contributed by atoms with van der Waals surface area (Å²) >= 11 is 0. The number of likely N-dealkylation sites (N-methyl/N-ethyl adjacent to an activating group) is 1. The topological polar surface area (TPSA) is 15.3 Å². The number of hydrogen-bond acceptors (Lipinski definition) is 2. The number of hydrogen-bond donors (Lipinski definition) is 1. The van der Waals surface area contributed by atoms with Crippen LogP contribution in [0.1, 0.15) is 31.0 Å². The minimum Gasteiger partial charge on any atom is -0.309 e. The first kappa shape index (κ1) is 16.0. The highest BCUT2D eigenvalue weighted by Crippen LogP contribution is 2.34. The molecule has 1 aromatic rings. The van der Waals surface area contributed by atoms with Crippen molar-refractivity contribution in [2.24, 2.45) is 0 Å². The molecule has 0 heterocycles. The molecule has 2 nitrogen and oxygen atoms in total. The van der Waals surface area contributed by atoms with Crippen LogP contribution in [0.15, 0.2) is 24.3 Å². The van der Waals surface area contributed by atoms with Crippen molar-refractivity contribution in [1.82, 2.24) is 10.2 Å². The van der Waals surface area contributed by atoms with E-state index in [-0.39, 0.29) is 12.1 Å². The lowest BCUT2D eigenvalue weighted by atomic mass is 10.0. The largest absolute Gasteiger partial charge is 0.416 e. The Morgan fingerprint density at radius 1 is 1.16 bits per heavy atom. The van der Waals surface area contributed by atoms with Crippen LogP contribution < -0.4 is 5.32 Å². The zero-order chi connectivity index (χ0) is 14.6. The van der Waals surface area contributed by atoms with Gasteiger partial charge in [0.1, 0.15) is 0 Å².